The first-order valence-corrected chi connectivity index (χ1v) is 4.83. The second kappa shape index (κ2) is 2.58. The molecule has 0 spiro atoms. The van der Waals surface area contributed by atoms with Gasteiger partial charge in [0.2, 0.25) is 0 Å². The van der Waals surface area contributed by atoms with Gasteiger partial charge in [-0.3, -0.25) is 4.90 Å². The predicted octanol–water partition coefficient (Wildman–Crippen LogP) is 2.68. The van der Waals surface area contributed by atoms with Gasteiger partial charge in [0.05, 0.1) is 0 Å². The third-order valence-electron chi connectivity index (χ3n) is 3.28. The monoisotopic (exact) mass is 175 g/mol. The molecule has 0 unspecified atom stereocenters. The summed E-state index contributed by atoms with van der Waals surface area (Å²) in [7, 11) is 2.19. The van der Waals surface area contributed by atoms with Crippen LogP contribution >= 0.6 is 0 Å². The van der Waals surface area contributed by atoms with E-state index < -0.39 is 0 Å². The third-order valence-corrected chi connectivity index (χ3v) is 3.28. The Hall–Kier alpha value is -0.820. The van der Waals surface area contributed by atoms with Crippen LogP contribution in [0.3, 0.4) is 0 Å². The van der Waals surface area contributed by atoms with Crippen molar-refractivity contribution in [2.45, 2.75) is 32.9 Å². The summed E-state index contributed by atoms with van der Waals surface area (Å²) >= 11 is 0. The zero-order valence-electron chi connectivity index (χ0n) is 8.89. The fraction of sp³-hybridized carbons (Fsp3) is 0.500. The van der Waals surface area contributed by atoms with Crippen LogP contribution in [-0.2, 0) is 12.1 Å². The van der Waals surface area contributed by atoms with Crippen molar-refractivity contribution in [1.82, 2.24) is 4.90 Å². The molecule has 70 valence electrons. The topological polar surface area (TPSA) is 3.24 Å². The summed E-state index contributed by atoms with van der Waals surface area (Å²) in [6, 6.07) is 6.79. The Morgan fingerprint density at radius 1 is 1.31 bits per heavy atom. The summed E-state index contributed by atoms with van der Waals surface area (Å²) in [5.41, 5.74) is 4.56. The van der Waals surface area contributed by atoms with Crippen molar-refractivity contribution in [3.05, 3.63) is 34.9 Å². The summed E-state index contributed by atoms with van der Waals surface area (Å²) in [5, 5.41) is 0. The van der Waals surface area contributed by atoms with Crippen molar-refractivity contribution < 1.29 is 0 Å². The average Bonchev–Trinajstić information content (AvgIpc) is 2.23. The van der Waals surface area contributed by atoms with Crippen molar-refractivity contribution in [2.75, 3.05) is 7.05 Å². The number of aryl methyl sites for hydroxylation is 1. The molecule has 13 heavy (non-hydrogen) atoms. The zero-order chi connectivity index (χ0) is 9.64. The minimum Gasteiger partial charge on any atom is -0.293 e. The Bertz CT molecular complexity index is 339. The molecule has 0 aromatic heterocycles. The molecule has 1 aromatic carbocycles. The lowest BCUT2D eigenvalue weighted by molar-refractivity contribution is 0.178. The molecule has 1 aliphatic rings. The fourth-order valence-corrected chi connectivity index (χ4v) is 2.11. The van der Waals surface area contributed by atoms with Gasteiger partial charge in [-0.25, -0.2) is 0 Å². The van der Waals surface area contributed by atoms with Crippen molar-refractivity contribution in [2.24, 2.45) is 0 Å². The van der Waals surface area contributed by atoms with Crippen LogP contribution in [0.15, 0.2) is 18.2 Å². The van der Waals surface area contributed by atoms with E-state index in [0.717, 1.165) is 6.54 Å². The molecule has 1 aromatic rings. The SMILES string of the molecule is Cc1ccc2c(c1)CN(C)C2(C)C. The number of fused-ring (bicyclic) bond motifs is 1. The standard InChI is InChI=1S/C12H17N/c1-9-5-6-11-10(7-9)8-13(4)12(11,2)3/h5-7H,8H2,1-4H3. The molecule has 0 aliphatic carbocycles. The van der Waals surface area contributed by atoms with Gasteiger partial charge < -0.3 is 0 Å². The lowest BCUT2D eigenvalue weighted by Gasteiger charge is -2.28. The normalized spacial score (nSPS) is 20.3. The number of rotatable bonds is 0. The maximum Gasteiger partial charge on any atom is 0.0408 e. The highest BCUT2D eigenvalue weighted by molar-refractivity contribution is 5.39. The Balaban J connectivity index is 2.55. The Labute approximate surface area is 80.4 Å². The molecule has 2 rings (SSSR count). The van der Waals surface area contributed by atoms with Crippen LogP contribution in [0.4, 0.5) is 0 Å². The van der Waals surface area contributed by atoms with Crippen LogP contribution in [0, 0.1) is 6.92 Å². The van der Waals surface area contributed by atoms with Gasteiger partial charge >= 0.3 is 0 Å². The molecule has 1 heterocycles. The summed E-state index contributed by atoms with van der Waals surface area (Å²) in [4.78, 5) is 2.40. The van der Waals surface area contributed by atoms with Gasteiger partial charge in [-0.1, -0.05) is 23.8 Å². The molecule has 0 atom stereocenters. The van der Waals surface area contributed by atoms with Gasteiger partial charge in [0, 0.05) is 12.1 Å². The van der Waals surface area contributed by atoms with E-state index in [1.54, 1.807) is 0 Å². The van der Waals surface area contributed by atoms with Crippen molar-refractivity contribution in [3.63, 3.8) is 0 Å². The number of hydrogen-bond acceptors (Lipinski definition) is 1. The summed E-state index contributed by atoms with van der Waals surface area (Å²) < 4.78 is 0. The molecular formula is C12H17N. The van der Waals surface area contributed by atoms with E-state index in [1.165, 1.54) is 16.7 Å². The van der Waals surface area contributed by atoms with Crippen LogP contribution in [0.1, 0.15) is 30.5 Å². The molecule has 0 bridgehead atoms. The van der Waals surface area contributed by atoms with Crippen molar-refractivity contribution in [3.8, 4) is 0 Å². The Morgan fingerprint density at radius 2 is 2.00 bits per heavy atom. The third kappa shape index (κ3) is 1.19. The highest BCUT2D eigenvalue weighted by atomic mass is 15.2. The van der Waals surface area contributed by atoms with E-state index in [9.17, 15) is 0 Å². The molecule has 0 fully saturated rings. The molecule has 0 amide bonds. The van der Waals surface area contributed by atoms with Crippen LogP contribution in [0.5, 0.6) is 0 Å². The molecule has 1 nitrogen and oxygen atoms in total. The Kier molecular flexibility index (Phi) is 1.74. The van der Waals surface area contributed by atoms with E-state index >= 15 is 0 Å². The summed E-state index contributed by atoms with van der Waals surface area (Å²) in [5.74, 6) is 0. The van der Waals surface area contributed by atoms with Gasteiger partial charge in [-0.2, -0.15) is 0 Å². The van der Waals surface area contributed by atoms with Gasteiger partial charge in [-0.05, 0) is 38.9 Å². The molecule has 0 saturated heterocycles. The van der Waals surface area contributed by atoms with Crippen molar-refractivity contribution >= 4 is 0 Å². The van der Waals surface area contributed by atoms with Gasteiger partial charge in [0.15, 0.2) is 0 Å². The van der Waals surface area contributed by atoms with Gasteiger partial charge in [0.1, 0.15) is 0 Å². The van der Waals surface area contributed by atoms with E-state index in [-0.39, 0.29) is 5.54 Å². The lowest BCUT2D eigenvalue weighted by atomic mass is 9.93. The van der Waals surface area contributed by atoms with Gasteiger partial charge in [0.25, 0.3) is 0 Å². The number of hydrogen-bond donors (Lipinski definition) is 0. The lowest BCUT2D eigenvalue weighted by Crippen LogP contribution is -2.31. The molecule has 1 aliphatic heterocycles. The minimum absolute atomic E-state index is 0.211. The van der Waals surface area contributed by atoms with Crippen LogP contribution in [-0.4, -0.2) is 11.9 Å². The average molecular weight is 175 g/mol. The minimum atomic E-state index is 0.211. The highest BCUT2D eigenvalue weighted by Gasteiger charge is 2.34. The van der Waals surface area contributed by atoms with E-state index in [2.05, 4.69) is 50.9 Å². The number of nitrogens with zero attached hydrogens (tertiary/aromatic N) is 1. The first-order chi connectivity index (χ1) is 6.01. The maximum atomic E-state index is 2.40. The summed E-state index contributed by atoms with van der Waals surface area (Å²) in [6.45, 7) is 7.82. The van der Waals surface area contributed by atoms with Crippen molar-refractivity contribution in [1.29, 1.82) is 0 Å². The van der Waals surface area contributed by atoms with E-state index in [4.69, 9.17) is 0 Å². The van der Waals surface area contributed by atoms with Crippen LogP contribution < -0.4 is 0 Å². The molecular weight excluding hydrogens is 158 g/mol. The molecule has 0 radical (unpaired) electrons. The highest BCUT2D eigenvalue weighted by Crippen LogP contribution is 2.37. The smallest absolute Gasteiger partial charge is 0.0408 e. The Morgan fingerprint density at radius 3 is 2.69 bits per heavy atom. The predicted molar refractivity (Wildman–Crippen MR) is 55.7 cm³/mol. The fourth-order valence-electron chi connectivity index (χ4n) is 2.11. The first kappa shape index (κ1) is 8.76. The van der Waals surface area contributed by atoms with Crippen LogP contribution in [0.2, 0.25) is 0 Å². The summed E-state index contributed by atoms with van der Waals surface area (Å²) in [6.07, 6.45) is 0. The largest absolute Gasteiger partial charge is 0.293 e. The van der Waals surface area contributed by atoms with Crippen LogP contribution in [0.25, 0.3) is 0 Å². The maximum absolute atomic E-state index is 2.40. The molecule has 1 heteroatoms. The second-order valence-corrected chi connectivity index (χ2v) is 4.58. The van der Waals surface area contributed by atoms with E-state index in [0.29, 0.717) is 0 Å². The molecule has 0 saturated carbocycles. The quantitative estimate of drug-likeness (QED) is 0.586. The van der Waals surface area contributed by atoms with Gasteiger partial charge in [-0.15, -0.1) is 0 Å². The first-order valence-electron chi connectivity index (χ1n) is 4.83. The molecule has 0 N–H and O–H groups in total. The number of benzene rings is 1. The van der Waals surface area contributed by atoms with E-state index in [1.807, 2.05) is 0 Å². The second-order valence-electron chi connectivity index (χ2n) is 4.58. The zero-order valence-corrected chi connectivity index (χ0v) is 8.89.